The largest absolute Gasteiger partial charge is 0.280 e. The van der Waals surface area contributed by atoms with Crippen molar-refractivity contribution in [1.29, 1.82) is 5.26 Å². The van der Waals surface area contributed by atoms with E-state index < -0.39 is 16.1 Å². The van der Waals surface area contributed by atoms with Crippen molar-refractivity contribution >= 4 is 16.2 Å². The maximum Gasteiger partial charge on any atom is 0.280 e. The first-order valence-electron chi connectivity index (χ1n) is 5.27. The van der Waals surface area contributed by atoms with Crippen LogP contribution >= 0.6 is 0 Å². The first-order chi connectivity index (χ1) is 8.55. The van der Waals surface area contributed by atoms with Crippen molar-refractivity contribution in [1.82, 2.24) is 4.41 Å². The molecular formula is C12H11N3O2S. The molecule has 5 nitrogen and oxygen atoms in total. The van der Waals surface area contributed by atoms with Crippen LogP contribution in [0.3, 0.4) is 0 Å². The lowest BCUT2D eigenvalue weighted by Gasteiger charge is -2.23. The second-order valence-corrected chi connectivity index (χ2v) is 5.61. The zero-order valence-corrected chi connectivity index (χ0v) is 10.5. The lowest BCUT2D eigenvalue weighted by atomic mass is 10.2. The number of nitriles is 1. The Morgan fingerprint density at radius 1 is 1.33 bits per heavy atom. The average molecular weight is 261 g/mol. The van der Waals surface area contributed by atoms with Gasteiger partial charge in [-0.3, -0.25) is 0 Å². The van der Waals surface area contributed by atoms with Gasteiger partial charge in [0.15, 0.2) is 6.04 Å². The van der Waals surface area contributed by atoms with Gasteiger partial charge in [0.05, 0.1) is 11.0 Å². The molecule has 0 saturated carbocycles. The van der Waals surface area contributed by atoms with E-state index in [2.05, 4.69) is 5.10 Å². The molecule has 0 fully saturated rings. The molecule has 1 aliphatic rings. The number of hydrogen-bond donors (Lipinski definition) is 0. The summed E-state index contributed by atoms with van der Waals surface area (Å²) in [5, 5.41) is 12.7. The van der Waals surface area contributed by atoms with Gasteiger partial charge in [0.1, 0.15) is 0 Å². The summed E-state index contributed by atoms with van der Waals surface area (Å²) in [6.45, 7) is 1.87. The molecule has 0 spiro atoms. The summed E-state index contributed by atoms with van der Waals surface area (Å²) >= 11 is 0. The van der Waals surface area contributed by atoms with Crippen LogP contribution < -0.4 is 0 Å². The third kappa shape index (κ3) is 2.13. The van der Waals surface area contributed by atoms with Gasteiger partial charge in [0.2, 0.25) is 0 Å². The molecule has 92 valence electrons. The highest BCUT2D eigenvalue weighted by Gasteiger charge is 2.29. The monoisotopic (exact) mass is 261 g/mol. The Balaban J connectivity index is 2.43. The van der Waals surface area contributed by atoms with E-state index in [9.17, 15) is 8.42 Å². The number of nitrogens with zero attached hydrogens (tertiary/aromatic N) is 3. The zero-order chi connectivity index (χ0) is 13.2. The van der Waals surface area contributed by atoms with Crippen LogP contribution in [-0.2, 0) is 10.0 Å². The zero-order valence-electron chi connectivity index (χ0n) is 9.69. The number of benzene rings is 1. The summed E-state index contributed by atoms with van der Waals surface area (Å²) in [7, 11) is -3.78. The number of rotatable bonds is 2. The molecule has 0 saturated heterocycles. The maximum absolute atomic E-state index is 12.3. The van der Waals surface area contributed by atoms with Gasteiger partial charge >= 0.3 is 0 Å². The molecule has 1 aliphatic heterocycles. The number of allylic oxidation sites excluding steroid dienone is 1. The lowest BCUT2D eigenvalue weighted by molar-refractivity contribution is 0.421. The molecule has 1 unspecified atom stereocenters. The van der Waals surface area contributed by atoms with Gasteiger partial charge in [0.25, 0.3) is 10.0 Å². The maximum atomic E-state index is 12.3. The predicted molar refractivity (Wildman–Crippen MR) is 67.2 cm³/mol. The third-order valence-corrected chi connectivity index (χ3v) is 4.18. The van der Waals surface area contributed by atoms with Crippen LogP contribution in [0, 0.1) is 18.3 Å². The smallest absolute Gasteiger partial charge is 0.200 e. The van der Waals surface area contributed by atoms with E-state index in [0.29, 0.717) is 0 Å². The lowest BCUT2D eigenvalue weighted by Crippen LogP contribution is -2.35. The SMILES string of the molecule is Cc1ccc(S(=O)(=O)N2N=CC=CC2C#N)cc1. The van der Waals surface area contributed by atoms with Crippen molar-refractivity contribution in [3.8, 4) is 6.07 Å². The van der Waals surface area contributed by atoms with Crippen molar-refractivity contribution in [2.75, 3.05) is 0 Å². The molecule has 6 heteroatoms. The first kappa shape index (κ1) is 12.3. The minimum absolute atomic E-state index is 0.126. The van der Waals surface area contributed by atoms with Crippen molar-refractivity contribution in [2.45, 2.75) is 17.9 Å². The molecule has 18 heavy (non-hydrogen) atoms. The highest BCUT2D eigenvalue weighted by Crippen LogP contribution is 2.20. The Kier molecular flexibility index (Phi) is 3.17. The fourth-order valence-electron chi connectivity index (χ4n) is 1.53. The van der Waals surface area contributed by atoms with Crippen LogP contribution in [0.2, 0.25) is 0 Å². The van der Waals surface area contributed by atoms with Crippen molar-refractivity contribution in [2.24, 2.45) is 5.10 Å². The quantitative estimate of drug-likeness (QED) is 0.808. The van der Waals surface area contributed by atoms with Crippen LogP contribution in [-0.4, -0.2) is 25.1 Å². The summed E-state index contributed by atoms with van der Waals surface area (Å²) in [6, 6.07) is 7.41. The van der Waals surface area contributed by atoms with Crippen LogP contribution in [0.25, 0.3) is 0 Å². The Hall–Kier alpha value is -2.13. The molecule has 2 rings (SSSR count). The Labute approximate surface area is 106 Å². The van der Waals surface area contributed by atoms with Crippen molar-refractivity contribution in [3.63, 3.8) is 0 Å². The summed E-state index contributed by atoms with van der Waals surface area (Å²) in [5.74, 6) is 0. The third-order valence-electron chi connectivity index (χ3n) is 2.50. The molecule has 0 aliphatic carbocycles. The van der Waals surface area contributed by atoms with E-state index in [-0.39, 0.29) is 4.90 Å². The fraction of sp³-hybridized carbons (Fsp3) is 0.167. The molecule has 0 amide bonds. The van der Waals surface area contributed by atoms with Crippen molar-refractivity contribution < 1.29 is 8.42 Å². The number of hydrazone groups is 1. The first-order valence-corrected chi connectivity index (χ1v) is 6.71. The van der Waals surface area contributed by atoms with Crippen LogP contribution in [0.15, 0.2) is 46.4 Å². The standard InChI is InChI=1S/C12H11N3O2S/c1-10-4-6-12(7-5-10)18(16,17)15-11(9-13)3-2-8-14-15/h2-8,11H,1H3. The van der Waals surface area contributed by atoms with E-state index in [4.69, 9.17) is 5.26 Å². The topological polar surface area (TPSA) is 73.5 Å². The highest BCUT2D eigenvalue weighted by molar-refractivity contribution is 7.89. The van der Waals surface area contributed by atoms with Gasteiger partial charge in [-0.2, -0.15) is 23.2 Å². The Bertz CT molecular complexity index is 639. The fourth-order valence-corrected chi connectivity index (χ4v) is 2.82. The molecular weight excluding hydrogens is 250 g/mol. The normalized spacial score (nSPS) is 18.7. The molecule has 0 aromatic heterocycles. The molecule has 1 heterocycles. The average Bonchev–Trinajstić information content (AvgIpc) is 2.39. The van der Waals surface area contributed by atoms with E-state index in [1.54, 1.807) is 18.2 Å². The summed E-state index contributed by atoms with van der Waals surface area (Å²) in [5.41, 5.74) is 0.966. The van der Waals surface area contributed by atoms with Gasteiger partial charge in [-0.25, -0.2) is 0 Å². The number of aryl methyl sites for hydroxylation is 1. The van der Waals surface area contributed by atoms with Gasteiger partial charge in [-0.05, 0) is 31.2 Å². The Morgan fingerprint density at radius 2 is 2.00 bits per heavy atom. The van der Waals surface area contributed by atoms with E-state index in [1.165, 1.54) is 24.4 Å². The van der Waals surface area contributed by atoms with Gasteiger partial charge < -0.3 is 0 Å². The predicted octanol–water partition coefficient (Wildman–Crippen LogP) is 1.43. The van der Waals surface area contributed by atoms with Gasteiger partial charge in [-0.1, -0.05) is 17.7 Å². The second-order valence-electron chi connectivity index (χ2n) is 3.81. The van der Waals surface area contributed by atoms with Crippen molar-refractivity contribution in [3.05, 3.63) is 42.0 Å². The highest BCUT2D eigenvalue weighted by atomic mass is 32.2. The van der Waals surface area contributed by atoms with Gasteiger partial charge in [-0.15, -0.1) is 0 Å². The number of sulfonamides is 1. The van der Waals surface area contributed by atoms with Crippen LogP contribution in [0.1, 0.15) is 5.56 Å². The Morgan fingerprint density at radius 3 is 2.61 bits per heavy atom. The molecule has 0 radical (unpaired) electrons. The molecule has 1 aromatic rings. The summed E-state index contributed by atoms with van der Waals surface area (Å²) in [4.78, 5) is 0.126. The minimum Gasteiger partial charge on any atom is -0.200 e. The van der Waals surface area contributed by atoms with Crippen LogP contribution in [0.5, 0.6) is 0 Å². The van der Waals surface area contributed by atoms with E-state index in [1.807, 2.05) is 13.0 Å². The summed E-state index contributed by atoms with van der Waals surface area (Å²) in [6.07, 6.45) is 4.38. The molecule has 1 aromatic carbocycles. The molecule has 0 bridgehead atoms. The van der Waals surface area contributed by atoms with Gasteiger partial charge in [0, 0.05) is 6.21 Å². The summed E-state index contributed by atoms with van der Waals surface area (Å²) < 4.78 is 25.4. The van der Waals surface area contributed by atoms with E-state index in [0.717, 1.165) is 9.98 Å². The second kappa shape index (κ2) is 4.63. The molecule has 1 atom stereocenters. The van der Waals surface area contributed by atoms with Crippen LogP contribution in [0.4, 0.5) is 0 Å². The minimum atomic E-state index is -3.78. The number of hydrogen-bond acceptors (Lipinski definition) is 4. The van der Waals surface area contributed by atoms with E-state index >= 15 is 0 Å². The molecule has 0 N–H and O–H groups in total.